The molecule has 0 saturated heterocycles. The zero-order valence-electron chi connectivity index (χ0n) is 25.9. The van der Waals surface area contributed by atoms with Crippen molar-refractivity contribution in [2.45, 2.75) is 39.2 Å². The van der Waals surface area contributed by atoms with Crippen molar-refractivity contribution in [2.24, 2.45) is 5.92 Å². The first kappa shape index (κ1) is 32.9. The molecule has 0 radical (unpaired) electrons. The summed E-state index contributed by atoms with van der Waals surface area (Å²) in [5.41, 5.74) is 2.96. The maximum absolute atomic E-state index is 13.9. The second kappa shape index (κ2) is 16.2. The van der Waals surface area contributed by atoms with Crippen molar-refractivity contribution in [3.63, 3.8) is 0 Å². The third kappa shape index (κ3) is 9.50. The highest BCUT2D eigenvalue weighted by Crippen LogP contribution is 2.23. The summed E-state index contributed by atoms with van der Waals surface area (Å²) in [6.45, 7) is 4.71. The summed E-state index contributed by atoms with van der Waals surface area (Å²) in [5, 5.41) is 3.22. The van der Waals surface area contributed by atoms with E-state index >= 15 is 0 Å². The molecular weight excluding hydrogens is 571 g/mol. The topological polar surface area (TPSA) is 84.9 Å². The summed E-state index contributed by atoms with van der Waals surface area (Å²) in [6, 6.07) is 28.8. The van der Waals surface area contributed by atoms with Crippen molar-refractivity contribution >= 4 is 29.0 Å². The molecular formula is C37H39FN2O5. The monoisotopic (exact) mass is 610 g/mol. The summed E-state index contributed by atoms with van der Waals surface area (Å²) in [5.74, 6) is -0.212. The van der Waals surface area contributed by atoms with Gasteiger partial charge in [-0.25, -0.2) is 9.18 Å². The van der Waals surface area contributed by atoms with Gasteiger partial charge in [-0.2, -0.15) is 0 Å². The lowest BCUT2D eigenvalue weighted by molar-refractivity contribution is -0.141. The largest absolute Gasteiger partial charge is 0.494 e. The van der Waals surface area contributed by atoms with Crippen molar-refractivity contribution in [2.75, 3.05) is 30.5 Å². The molecule has 0 spiro atoms. The molecule has 0 aliphatic carbocycles. The number of carbonyl (C=O) groups excluding carboxylic acids is 3. The summed E-state index contributed by atoms with van der Waals surface area (Å²) >= 11 is 0. The Morgan fingerprint density at radius 3 is 2.27 bits per heavy atom. The summed E-state index contributed by atoms with van der Waals surface area (Å²) < 4.78 is 24.9. The molecule has 4 aromatic carbocycles. The van der Waals surface area contributed by atoms with Gasteiger partial charge in [-0.05, 0) is 60.4 Å². The van der Waals surface area contributed by atoms with Gasteiger partial charge in [-0.15, -0.1) is 0 Å². The van der Waals surface area contributed by atoms with Crippen LogP contribution in [-0.4, -0.2) is 44.0 Å². The number of nitrogens with zero attached hydrogens (tertiary/aromatic N) is 1. The van der Waals surface area contributed by atoms with Crippen LogP contribution in [0.25, 0.3) is 0 Å². The molecule has 7 nitrogen and oxygen atoms in total. The van der Waals surface area contributed by atoms with Gasteiger partial charge in [-0.3, -0.25) is 9.59 Å². The lowest BCUT2D eigenvalue weighted by atomic mass is 10.00. The Hall–Kier alpha value is -4.98. The van der Waals surface area contributed by atoms with Crippen molar-refractivity contribution in [1.29, 1.82) is 0 Å². The van der Waals surface area contributed by atoms with Gasteiger partial charge >= 0.3 is 5.97 Å². The molecule has 0 fully saturated rings. The smallest absolute Gasteiger partial charge is 0.328 e. The van der Waals surface area contributed by atoms with Gasteiger partial charge in [0, 0.05) is 41.9 Å². The molecule has 0 saturated carbocycles. The number of ether oxygens (including phenoxy) is 2. The number of para-hydroxylation sites is 1. The minimum atomic E-state index is -0.733. The SMILES string of the molecule is COC(=O)[C@H](Cc1ccc(OCCCN(C(=O)CC(C)C)c2cccc(F)c2)cc1)Nc1ccccc1C(=O)c1ccccc1. The summed E-state index contributed by atoms with van der Waals surface area (Å²) in [7, 11) is 1.33. The van der Waals surface area contributed by atoms with E-state index in [1.165, 1.54) is 19.2 Å². The quantitative estimate of drug-likeness (QED) is 0.0878. The fourth-order valence-corrected chi connectivity index (χ4v) is 4.95. The van der Waals surface area contributed by atoms with Gasteiger partial charge in [0.15, 0.2) is 5.78 Å². The standard InChI is InChI=1S/C37H39FN2O5/c1-26(2)23-35(41)40(30-14-9-13-29(38)25-30)21-10-22-45-31-19-17-27(18-20-31)24-34(37(43)44-3)39-33-16-8-7-15-32(33)36(42)28-11-5-4-6-12-28/h4-9,11-20,25-26,34,39H,10,21-24H2,1-3H3/t34-/m0/s1. The Kier molecular flexibility index (Phi) is 11.8. The van der Waals surface area contributed by atoms with Crippen LogP contribution in [0.15, 0.2) is 103 Å². The molecule has 8 heteroatoms. The maximum Gasteiger partial charge on any atom is 0.328 e. The van der Waals surface area contributed by atoms with E-state index in [2.05, 4.69) is 5.32 Å². The first-order chi connectivity index (χ1) is 21.7. The van der Waals surface area contributed by atoms with E-state index in [1.807, 2.05) is 62.4 Å². The Labute approximate surface area is 264 Å². The molecule has 1 atom stereocenters. The van der Waals surface area contributed by atoms with Crippen molar-refractivity contribution in [1.82, 2.24) is 0 Å². The van der Waals surface area contributed by atoms with Gasteiger partial charge in [0.1, 0.15) is 17.6 Å². The van der Waals surface area contributed by atoms with E-state index in [-0.39, 0.29) is 23.4 Å². The van der Waals surface area contributed by atoms with Crippen LogP contribution in [0.1, 0.15) is 48.2 Å². The molecule has 0 heterocycles. The fourth-order valence-electron chi connectivity index (χ4n) is 4.95. The fraction of sp³-hybridized carbons (Fsp3) is 0.270. The number of amides is 1. The highest BCUT2D eigenvalue weighted by Gasteiger charge is 2.23. The number of carbonyl (C=O) groups is 3. The number of esters is 1. The van der Waals surface area contributed by atoms with Gasteiger partial charge in [-0.1, -0.05) is 74.5 Å². The van der Waals surface area contributed by atoms with E-state index in [1.54, 1.807) is 47.4 Å². The third-order valence-electron chi connectivity index (χ3n) is 7.18. The van der Waals surface area contributed by atoms with E-state index in [0.29, 0.717) is 60.7 Å². The number of methoxy groups -OCH3 is 1. The first-order valence-electron chi connectivity index (χ1n) is 15.1. The average molecular weight is 611 g/mol. The van der Waals surface area contributed by atoms with E-state index in [0.717, 1.165) is 5.56 Å². The lowest BCUT2D eigenvalue weighted by Crippen LogP contribution is -2.33. The highest BCUT2D eigenvalue weighted by atomic mass is 19.1. The predicted octanol–water partition coefficient (Wildman–Crippen LogP) is 7.10. The molecule has 0 aromatic heterocycles. The molecule has 0 aliphatic rings. The van der Waals surface area contributed by atoms with Crippen LogP contribution in [0.2, 0.25) is 0 Å². The van der Waals surface area contributed by atoms with Gasteiger partial charge in [0.2, 0.25) is 5.91 Å². The number of anilines is 2. The molecule has 45 heavy (non-hydrogen) atoms. The number of rotatable bonds is 15. The molecule has 4 rings (SSSR count). The highest BCUT2D eigenvalue weighted by molar-refractivity contribution is 6.12. The molecule has 1 amide bonds. The molecule has 0 unspecified atom stereocenters. The zero-order valence-corrected chi connectivity index (χ0v) is 25.9. The summed E-state index contributed by atoms with van der Waals surface area (Å²) in [6.07, 6.45) is 1.24. The van der Waals surface area contributed by atoms with Crippen LogP contribution in [0.5, 0.6) is 5.75 Å². The van der Waals surface area contributed by atoms with E-state index in [4.69, 9.17) is 9.47 Å². The normalized spacial score (nSPS) is 11.5. The van der Waals surface area contributed by atoms with Crippen LogP contribution in [0, 0.1) is 11.7 Å². The minimum absolute atomic E-state index is 0.0548. The zero-order chi connectivity index (χ0) is 32.2. The Bertz CT molecular complexity index is 1570. The average Bonchev–Trinajstić information content (AvgIpc) is 3.04. The Morgan fingerprint density at radius 1 is 0.867 bits per heavy atom. The maximum atomic E-state index is 13.9. The first-order valence-corrected chi connectivity index (χ1v) is 15.1. The number of hydrogen-bond acceptors (Lipinski definition) is 6. The van der Waals surface area contributed by atoms with Crippen molar-refractivity contribution < 1.29 is 28.2 Å². The van der Waals surface area contributed by atoms with Gasteiger partial charge in [0.25, 0.3) is 0 Å². The molecule has 1 N–H and O–H groups in total. The number of hydrogen-bond donors (Lipinski definition) is 1. The van der Waals surface area contributed by atoms with Crippen LogP contribution < -0.4 is 15.0 Å². The molecule has 234 valence electrons. The Balaban J connectivity index is 1.37. The predicted molar refractivity (Wildman–Crippen MR) is 174 cm³/mol. The van der Waals surface area contributed by atoms with Crippen LogP contribution >= 0.6 is 0 Å². The second-order valence-corrected chi connectivity index (χ2v) is 11.1. The number of halogens is 1. The number of ketones is 1. The number of nitrogens with one attached hydrogen (secondary N) is 1. The summed E-state index contributed by atoms with van der Waals surface area (Å²) in [4.78, 5) is 40.4. The van der Waals surface area contributed by atoms with Crippen molar-refractivity contribution in [3.8, 4) is 5.75 Å². The van der Waals surface area contributed by atoms with Crippen LogP contribution in [0.4, 0.5) is 15.8 Å². The lowest BCUT2D eigenvalue weighted by Gasteiger charge is -2.24. The number of benzene rings is 4. The third-order valence-corrected chi connectivity index (χ3v) is 7.18. The van der Waals surface area contributed by atoms with Gasteiger partial charge < -0.3 is 19.7 Å². The van der Waals surface area contributed by atoms with E-state index in [9.17, 15) is 18.8 Å². The van der Waals surface area contributed by atoms with Crippen molar-refractivity contribution in [3.05, 3.63) is 126 Å². The van der Waals surface area contributed by atoms with Crippen LogP contribution in [-0.2, 0) is 20.7 Å². The molecule has 0 aliphatic heterocycles. The van der Waals surface area contributed by atoms with Gasteiger partial charge in [0.05, 0.1) is 13.7 Å². The molecule has 0 bridgehead atoms. The Morgan fingerprint density at radius 2 is 1.58 bits per heavy atom. The van der Waals surface area contributed by atoms with E-state index < -0.39 is 12.0 Å². The second-order valence-electron chi connectivity index (χ2n) is 11.1. The van der Waals surface area contributed by atoms with Crippen LogP contribution in [0.3, 0.4) is 0 Å². The minimum Gasteiger partial charge on any atom is -0.494 e. The molecule has 4 aromatic rings.